The predicted molar refractivity (Wildman–Crippen MR) is 175 cm³/mol. The van der Waals surface area contributed by atoms with Crippen LogP contribution in [-0.2, 0) is 4.65 Å². The van der Waals surface area contributed by atoms with Crippen LogP contribution in [0.25, 0.3) is 65.3 Å². The average Bonchev–Trinajstić information content (AvgIpc) is 2.98. The highest BCUT2D eigenvalue weighted by Crippen LogP contribution is 2.42. The minimum absolute atomic E-state index is 0.435. The van der Waals surface area contributed by atoms with E-state index in [2.05, 4.69) is 109 Å². The Hall–Kier alpha value is -4.25. The number of aliphatic hydroxyl groups is 1. The molecule has 0 amide bonds. The summed E-state index contributed by atoms with van der Waals surface area (Å²) in [5.74, 6) is 0. The lowest BCUT2D eigenvalue weighted by Crippen LogP contribution is -2.49. The quantitative estimate of drug-likeness (QED) is 0.180. The van der Waals surface area contributed by atoms with E-state index in [1.807, 2.05) is 13.8 Å². The van der Waals surface area contributed by atoms with Crippen molar-refractivity contribution in [1.29, 1.82) is 0 Å². The van der Waals surface area contributed by atoms with Gasteiger partial charge in [0.2, 0.25) is 0 Å². The van der Waals surface area contributed by atoms with E-state index in [9.17, 15) is 5.11 Å². The lowest BCUT2D eigenvalue weighted by molar-refractivity contribution is -0.0893. The molecular weight excluding hydrogens is 501 g/mol. The number of hydrogen-bond donors (Lipinski definition) is 1. The maximum atomic E-state index is 10.5. The van der Waals surface area contributed by atoms with Crippen molar-refractivity contribution in [3.05, 3.63) is 109 Å². The lowest BCUT2D eigenvalue weighted by atomic mass is 9.82. The van der Waals surface area contributed by atoms with Crippen LogP contribution < -0.4 is 5.46 Å². The van der Waals surface area contributed by atoms with Crippen LogP contribution >= 0.6 is 0 Å². The minimum Gasteiger partial charge on any atom is -0.427 e. The van der Waals surface area contributed by atoms with E-state index in [1.54, 1.807) is 13.8 Å². The SMILES string of the molecule is CC(C)(O)C(C)(C)OBc1ccc2cc(-c3nc4ccccc4c4c5ccccc5c5ccccc5c34)ccc2c1. The number of hydrogen-bond acceptors (Lipinski definition) is 3. The first-order valence-electron chi connectivity index (χ1n) is 14.2. The van der Waals surface area contributed by atoms with Crippen LogP contribution in [0.2, 0.25) is 0 Å². The molecule has 3 nitrogen and oxygen atoms in total. The second-order valence-electron chi connectivity index (χ2n) is 12.1. The molecule has 1 aromatic heterocycles. The van der Waals surface area contributed by atoms with Crippen LogP contribution in [0.4, 0.5) is 0 Å². The molecule has 1 N–H and O–H groups in total. The summed E-state index contributed by atoms with van der Waals surface area (Å²) in [6.07, 6.45) is 0. The first kappa shape index (κ1) is 25.7. The Morgan fingerprint density at radius 2 is 1.17 bits per heavy atom. The third-order valence-corrected chi connectivity index (χ3v) is 8.83. The Kier molecular flexibility index (Phi) is 5.90. The van der Waals surface area contributed by atoms with Crippen LogP contribution in [0.1, 0.15) is 27.7 Å². The van der Waals surface area contributed by atoms with Crippen molar-refractivity contribution < 1.29 is 9.76 Å². The summed E-state index contributed by atoms with van der Waals surface area (Å²) in [4.78, 5) is 5.29. The Labute approximate surface area is 240 Å². The average molecular weight is 533 g/mol. The van der Waals surface area contributed by atoms with E-state index in [0.717, 1.165) is 33.0 Å². The molecule has 4 heteroatoms. The molecule has 0 aliphatic carbocycles. The number of benzene rings is 6. The molecule has 200 valence electrons. The summed E-state index contributed by atoms with van der Waals surface area (Å²) >= 11 is 0. The number of para-hydroxylation sites is 1. The van der Waals surface area contributed by atoms with Gasteiger partial charge < -0.3 is 9.76 Å². The summed E-state index contributed by atoms with van der Waals surface area (Å²) in [5, 5.41) is 21.4. The van der Waals surface area contributed by atoms with Crippen molar-refractivity contribution in [1.82, 2.24) is 4.98 Å². The molecule has 0 spiro atoms. The molecule has 0 atom stereocenters. The van der Waals surface area contributed by atoms with Crippen molar-refractivity contribution in [2.45, 2.75) is 38.9 Å². The maximum absolute atomic E-state index is 10.5. The number of nitrogens with zero attached hydrogens (tertiary/aromatic N) is 1. The van der Waals surface area contributed by atoms with Gasteiger partial charge in [0.1, 0.15) is 0 Å². The van der Waals surface area contributed by atoms with Crippen molar-refractivity contribution in [2.24, 2.45) is 0 Å². The summed E-state index contributed by atoms with van der Waals surface area (Å²) < 4.78 is 6.13. The van der Waals surface area contributed by atoms with Gasteiger partial charge in [-0.05, 0) is 72.1 Å². The monoisotopic (exact) mass is 533 g/mol. The topological polar surface area (TPSA) is 42.4 Å². The second kappa shape index (κ2) is 9.41. The van der Waals surface area contributed by atoms with Gasteiger partial charge in [0, 0.05) is 21.7 Å². The molecule has 0 aliphatic heterocycles. The van der Waals surface area contributed by atoms with Gasteiger partial charge in [-0.1, -0.05) is 103 Å². The van der Waals surface area contributed by atoms with Crippen LogP contribution in [0.15, 0.2) is 109 Å². The molecule has 0 bridgehead atoms. The molecule has 0 unspecified atom stereocenters. The molecule has 0 saturated heterocycles. The molecular formula is C37H32BNO2. The number of rotatable bonds is 5. The zero-order valence-electron chi connectivity index (χ0n) is 23.9. The zero-order chi connectivity index (χ0) is 28.4. The molecule has 0 aliphatic rings. The van der Waals surface area contributed by atoms with Gasteiger partial charge in [0.15, 0.2) is 0 Å². The molecule has 41 heavy (non-hydrogen) atoms. The van der Waals surface area contributed by atoms with Gasteiger partial charge in [-0.25, -0.2) is 4.98 Å². The molecule has 0 radical (unpaired) electrons. The Morgan fingerprint density at radius 3 is 1.85 bits per heavy atom. The summed E-state index contributed by atoms with van der Waals surface area (Å²) in [5.41, 5.74) is 2.57. The third kappa shape index (κ3) is 4.26. The number of fused-ring (bicyclic) bond motifs is 9. The molecule has 7 aromatic rings. The van der Waals surface area contributed by atoms with Gasteiger partial charge in [-0.15, -0.1) is 0 Å². The van der Waals surface area contributed by atoms with Crippen LogP contribution in [0.5, 0.6) is 0 Å². The van der Waals surface area contributed by atoms with Gasteiger partial charge >= 0.3 is 7.48 Å². The van der Waals surface area contributed by atoms with E-state index in [-0.39, 0.29) is 0 Å². The van der Waals surface area contributed by atoms with Gasteiger partial charge in [0.25, 0.3) is 0 Å². The second-order valence-corrected chi connectivity index (χ2v) is 12.1. The zero-order valence-corrected chi connectivity index (χ0v) is 23.9. The lowest BCUT2D eigenvalue weighted by Gasteiger charge is -2.37. The molecule has 6 aromatic carbocycles. The summed E-state index contributed by atoms with van der Waals surface area (Å²) in [7, 11) is 0.435. The van der Waals surface area contributed by atoms with Gasteiger partial charge in [-0.2, -0.15) is 0 Å². The fourth-order valence-electron chi connectivity index (χ4n) is 5.81. The number of aromatic nitrogens is 1. The van der Waals surface area contributed by atoms with E-state index < -0.39 is 11.2 Å². The summed E-state index contributed by atoms with van der Waals surface area (Å²) in [6, 6.07) is 39.0. The van der Waals surface area contributed by atoms with E-state index in [0.29, 0.717) is 7.48 Å². The van der Waals surface area contributed by atoms with Crippen LogP contribution in [0, 0.1) is 0 Å². The first-order valence-corrected chi connectivity index (χ1v) is 14.2. The minimum atomic E-state index is -0.941. The Morgan fingerprint density at radius 1 is 0.610 bits per heavy atom. The molecule has 0 saturated carbocycles. The fourth-order valence-corrected chi connectivity index (χ4v) is 5.81. The first-order chi connectivity index (χ1) is 19.7. The Balaban J connectivity index is 1.43. The highest BCUT2D eigenvalue weighted by Gasteiger charge is 2.35. The smallest absolute Gasteiger partial charge is 0.309 e. The normalized spacial score (nSPS) is 12.6. The largest absolute Gasteiger partial charge is 0.427 e. The molecule has 7 rings (SSSR count). The van der Waals surface area contributed by atoms with E-state index in [4.69, 9.17) is 9.64 Å². The van der Waals surface area contributed by atoms with Crippen LogP contribution in [-0.4, -0.2) is 28.8 Å². The van der Waals surface area contributed by atoms with Crippen LogP contribution in [0.3, 0.4) is 0 Å². The van der Waals surface area contributed by atoms with Crippen molar-refractivity contribution in [3.8, 4) is 11.3 Å². The molecule has 0 fully saturated rings. The van der Waals surface area contributed by atoms with Crippen molar-refractivity contribution in [2.75, 3.05) is 0 Å². The van der Waals surface area contributed by atoms with Crippen molar-refractivity contribution in [3.63, 3.8) is 0 Å². The third-order valence-electron chi connectivity index (χ3n) is 8.83. The van der Waals surface area contributed by atoms with Gasteiger partial charge in [-0.3, -0.25) is 0 Å². The Bertz CT molecular complexity index is 2120. The van der Waals surface area contributed by atoms with E-state index in [1.165, 1.54) is 37.7 Å². The highest BCUT2D eigenvalue weighted by atomic mass is 16.5. The van der Waals surface area contributed by atoms with Crippen molar-refractivity contribution >= 4 is 66.9 Å². The maximum Gasteiger partial charge on any atom is 0.309 e. The standard InChI is InChI=1S/C37H32BNO2/c1-36(2,40)37(3,4)41-38-26-20-19-23-21-25(18-17-24(23)22-26)35-34-30-14-8-6-12-28(30)27-11-5-7-13-29(27)33(34)31-15-9-10-16-32(31)39-35/h5-22,38,40H,1-4H3. The molecule has 1 heterocycles. The highest BCUT2D eigenvalue weighted by molar-refractivity contribution is 6.47. The number of pyridine rings is 1. The predicted octanol–water partition coefficient (Wildman–Crippen LogP) is 8.06. The fraction of sp³-hybridized carbons (Fsp3) is 0.162. The summed E-state index contributed by atoms with van der Waals surface area (Å²) in [6.45, 7) is 7.42. The van der Waals surface area contributed by atoms with Gasteiger partial charge in [0.05, 0.1) is 22.4 Å². The van der Waals surface area contributed by atoms with E-state index >= 15 is 0 Å².